The summed E-state index contributed by atoms with van der Waals surface area (Å²) in [6.45, 7) is 0. The number of carbonyl (C=O) groups excluding carboxylic acids is 2. The van der Waals surface area contributed by atoms with Crippen LogP contribution in [0.5, 0.6) is 0 Å². The minimum absolute atomic E-state index is 0.487. The van der Waals surface area contributed by atoms with Crippen molar-refractivity contribution >= 4 is 23.5 Å². The average Bonchev–Trinajstić information content (AvgIpc) is 2.41. The zero-order chi connectivity index (χ0) is 12.8. The minimum Gasteiger partial charge on any atom is -0.211 e. The fourth-order valence-corrected chi connectivity index (χ4v) is 1.70. The molecule has 4 heteroatoms. The smallest absolute Gasteiger partial charge is 0.211 e. The molecule has 0 spiro atoms. The van der Waals surface area contributed by atoms with Crippen molar-refractivity contribution < 1.29 is 9.59 Å². The molecule has 0 bridgehead atoms. The van der Waals surface area contributed by atoms with E-state index in [2.05, 4.69) is 9.98 Å². The van der Waals surface area contributed by atoms with Crippen LogP contribution in [0.2, 0.25) is 0 Å². The maximum absolute atomic E-state index is 10.4. The lowest BCUT2D eigenvalue weighted by atomic mass is 10.0. The first-order valence-electron chi connectivity index (χ1n) is 5.21. The molecule has 0 aliphatic rings. The largest absolute Gasteiger partial charge is 0.240 e. The van der Waals surface area contributed by atoms with Gasteiger partial charge in [0.15, 0.2) is 0 Å². The van der Waals surface area contributed by atoms with Crippen molar-refractivity contribution in [2.45, 2.75) is 0 Å². The molecular formula is C14H8N2O2. The maximum atomic E-state index is 10.4. The number of rotatable bonds is 3. The highest BCUT2D eigenvalue weighted by molar-refractivity contribution is 5.85. The molecule has 2 aromatic rings. The molecule has 0 unspecified atom stereocenters. The molecule has 0 aliphatic carbocycles. The van der Waals surface area contributed by atoms with E-state index >= 15 is 0 Å². The molecule has 0 fully saturated rings. The van der Waals surface area contributed by atoms with Crippen LogP contribution in [0.15, 0.2) is 58.5 Å². The molecule has 0 saturated carbocycles. The van der Waals surface area contributed by atoms with Gasteiger partial charge in [0.2, 0.25) is 12.2 Å². The first-order valence-corrected chi connectivity index (χ1v) is 5.21. The van der Waals surface area contributed by atoms with Gasteiger partial charge in [0, 0.05) is 11.1 Å². The van der Waals surface area contributed by atoms with Gasteiger partial charge < -0.3 is 0 Å². The van der Waals surface area contributed by atoms with Gasteiger partial charge in [-0.1, -0.05) is 36.4 Å². The molecule has 0 aromatic heterocycles. The van der Waals surface area contributed by atoms with Crippen LogP contribution < -0.4 is 0 Å². The molecule has 0 saturated heterocycles. The van der Waals surface area contributed by atoms with E-state index in [-0.39, 0.29) is 0 Å². The molecule has 0 N–H and O–H groups in total. The topological polar surface area (TPSA) is 58.9 Å². The van der Waals surface area contributed by atoms with Gasteiger partial charge in [0.1, 0.15) is 0 Å². The second kappa shape index (κ2) is 5.51. The van der Waals surface area contributed by atoms with Crippen LogP contribution in [-0.2, 0) is 9.59 Å². The summed E-state index contributed by atoms with van der Waals surface area (Å²) < 4.78 is 0. The maximum Gasteiger partial charge on any atom is 0.240 e. The summed E-state index contributed by atoms with van der Waals surface area (Å²) in [6.07, 6.45) is 3.03. The molecule has 0 amide bonds. The van der Waals surface area contributed by atoms with Gasteiger partial charge in [-0.3, -0.25) is 0 Å². The number of nitrogens with zero attached hydrogens (tertiary/aromatic N) is 2. The van der Waals surface area contributed by atoms with Crippen LogP contribution >= 0.6 is 0 Å². The summed E-state index contributed by atoms with van der Waals surface area (Å²) in [5, 5.41) is 0. The normalized spacial score (nSPS) is 9.11. The SMILES string of the molecule is O=C=Nc1ccccc1-c1ccccc1N=C=O. The third-order valence-electron chi connectivity index (χ3n) is 2.43. The van der Waals surface area contributed by atoms with Crippen molar-refractivity contribution in [3.05, 3.63) is 48.5 Å². The third kappa shape index (κ3) is 2.30. The zero-order valence-electron chi connectivity index (χ0n) is 9.33. The zero-order valence-corrected chi connectivity index (χ0v) is 9.33. The molecule has 0 aliphatic heterocycles. The van der Waals surface area contributed by atoms with Crippen molar-refractivity contribution in [3.63, 3.8) is 0 Å². The lowest BCUT2D eigenvalue weighted by molar-refractivity contribution is 0.564. The second-order valence-electron chi connectivity index (χ2n) is 3.44. The van der Waals surface area contributed by atoms with Gasteiger partial charge in [0.05, 0.1) is 11.4 Å². The van der Waals surface area contributed by atoms with E-state index in [9.17, 15) is 9.59 Å². The highest BCUT2D eigenvalue weighted by Crippen LogP contribution is 2.35. The van der Waals surface area contributed by atoms with Crippen LogP contribution in [0.4, 0.5) is 11.4 Å². The van der Waals surface area contributed by atoms with Gasteiger partial charge >= 0.3 is 0 Å². The van der Waals surface area contributed by atoms with E-state index in [1.165, 1.54) is 12.2 Å². The Labute approximate surface area is 103 Å². The van der Waals surface area contributed by atoms with E-state index in [4.69, 9.17) is 0 Å². The molecule has 18 heavy (non-hydrogen) atoms. The van der Waals surface area contributed by atoms with Crippen LogP contribution in [-0.4, -0.2) is 12.2 Å². The third-order valence-corrected chi connectivity index (χ3v) is 2.43. The highest BCUT2D eigenvalue weighted by Gasteiger charge is 2.07. The van der Waals surface area contributed by atoms with E-state index in [1.54, 1.807) is 36.4 Å². The summed E-state index contributed by atoms with van der Waals surface area (Å²) in [7, 11) is 0. The lowest BCUT2D eigenvalue weighted by Crippen LogP contribution is -1.80. The Bertz CT molecular complexity index is 607. The molecule has 86 valence electrons. The molecule has 2 rings (SSSR count). The number of isocyanates is 2. The Hall–Kier alpha value is -2.80. The fraction of sp³-hybridized carbons (Fsp3) is 0. The van der Waals surface area contributed by atoms with Crippen LogP contribution in [0.1, 0.15) is 0 Å². The average molecular weight is 236 g/mol. The van der Waals surface area contributed by atoms with Crippen LogP contribution in [0.25, 0.3) is 11.1 Å². The first-order chi connectivity index (χ1) is 8.86. The fourth-order valence-electron chi connectivity index (χ4n) is 1.70. The highest BCUT2D eigenvalue weighted by atomic mass is 16.1. The number of para-hydroxylation sites is 2. The van der Waals surface area contributed by atoms with Crippen molar-refractivity contribution in [1.29, 1.82) is 0 Å². The molecule has 0 heterocycles. The van der Waals surface area contributed by atoms with E-state index in [1.807, 2.05) is 12.1 Å². The first kappa shape index (κ1) is 11.7. The minimum atomic E-state index is 0.487. The predicted octanol–water partition coefficient (Wildman–Crippen LogP) is 3.29. The van der Waals surface area contributed by atoms with Gasteiger partial charge in [-0.15, -0.1) is 0 Å². The van der Waals surface area contributed by atoms with Crippen molar-refractivity contribution in [2.24, 2.45) is 9.98 Å². The predicted molar refractivity (Wildman–Crippen MR) is 67.4 cm³/mol. The Kier molecular flexibility index (Phi) is 3.57. The lowest BCUT2D eigenvalue weighted by Gasteiger charge is -2.06. The number of benzene rings is 2. The van der Waals surface area contributed by atoms with Gasteiger partial charge in [0.25, 0.3) is 0 Å². The summed E-state index contributed by atoms with van der Waals surface area (Å²) in [5.41, 5.74) is 2.41. The summed E-state index contributed by atoms with van der Waals surface area (Å²) in [6, 6.07) is 14.2. The Balaban J connectivity index is 2.69. The van der Waals surface area contributed by atoms with Crippen molar-refractivity contribution in [1.82, 2.24) is 0 Å². The van der Waals surface area contributed by atoms with Gasteiger partial charge in [-0.2, -0.15) is 9.98 Å². The monoisotopic (exact) mass is 236 g/mol. The summed E-state index contributed by atoms with van der Waals surface area (Å²) in [5.74, 6) is 0. The van der Waals surface area contributed by atoms with E-state index < -0.39 is 0 Å². The molecule has 4 nitrogen and oxygen atoms in total. The molecule has 0 atom stereocenters. The Morgan fingerprint density at radius 1 is 0.667 bits per heavy atom. The quantitative estimate of drug-likeness (QED) is 0.606. The molecule has 2 aromatic carbocycles. The van der Waals surface area contributed by atoms with Crippen molar-refractivity contribution in [3.8, 4) is 11.1 Å². The number of hydrogen-bond acceptors (Lipinski definition) is 4. The van der Waals surface area contributed by atoms with Gasteiger partial charge in [-0.05, 0) is 12.1 Å². The standard InChI is InChI=1S/C14H8N2O2/c17-9-15-13-7-3-1-5-11(13)12-6-2-4-8-14(12)16-10-18/h1-8H. The number of hydrogen-bond donors (Lipinski definition) is 0. The van der Waals surface area contributed by atoms with Crippen molar-refractivity contribution in [2.75, 3.05) is 0 Å². The summed E-state index contributed by atoms with van der Waals surface area (Å²) in [4.78, 5) is 28.1. The molecular weight excluding hydrogens is 228 g/mol. The van der Waals surface area contributed by atoms with E-state index in [0.29, 0.717) is 11.4 Å². The summed E-state index contributed by atoms with van der Waals surface area (Å²) >= 11 is 0. The Morgan fingerprint density at radius 2 is 1.06 bits per heavy atom. The molecule has 0 radical (unpaired) electrons. The van der Waals surface area contributed by atoms with Crippen LogP contribution in [0.3, 0.4) is 0 Å². The van der Waals surface area contributed by atoms with E-state index in [0.717, 1.165) is 11.1 Å². The Morgan fingerprint density at radius 3 is 1.44 bits per heavy atom. The van der Waals surface area contributed by atoms with Crippen LogP contribution in [0, 0.1) is 0 Å². The second-order valence-corrected chi connectivity index (χ2v) is 3.44. The van der Waals surface area contributed by atoms with Gasteiger partial charge in [-0.25, -0.2) is 9.59 Å². The number of aliphatic imine (C=N–C) groups is 2.